The zero-order valence-corrected chi connectivity index (χ0v) is 24.7. The first-order valence-corrected chi connectivity index (χ1v) is 15.8. The molecule has 5 aromatic rings. The predicted octanol–water partition coefficient (Wildman–Crippen LogP) is 8.24. The molecule has 218 valence electrons. The standard InChI is InChI=1S/C40H34O4/c1-25-33-16-14-30(21-28(33)12-17-38(25)44-39-18-19-41-39)40(36-8-4-2-6-34(36)35-7-3-5-9-37(35)40)29-13-10-27-22-31(15-11-26(27)20-29)42-23-32-24-43-32/h2-17,20-22,25,32,38-39H,18-19,23-24H2,1H3/t25?,32?,38-,39?/m1/s1. The maximum Gasteiger partial charge on any atom is 0.160 e. The van der Waals surface area contributed by atoms with E-state index in [2.05, 4.69) is 122 Å². The molecule has 0 bridgehead atoms. The van der Waals surface area contributed by atoms with Gasteiger partial charge in [-0.2, -0.15) is 0 Å². The van der Waals surface area contributed by atoms with Crippen LogP contribution in [0.2, 0.25) is 0 Å². The van der Waals surface area contributed by atoms with E-state index in [1.54, 1.807) is 0 Å². The van der Waals surface area contributed by atoms with Crippen LogP contribution in [0.5, 0.6) is 5.75 Å². The van der Waals surface area contributed by atoms with Crippen LogP contribution in [0.3, 0.4) is 0 Å². The lowest BCUT2D eigenvalue weighted by Crippen LogP contribution is -2.35. The van der Waals surface area contributed by atoms with Crippen molar-refractivity contribution in [2.75, 3.05) is 19.8 Å². The van der Waals surface area contributed by atoms with Crippen molar-refractivity contribution in [2.45, 2.75) is 43.2 Å². The first-order valence-electron chi connectivity index (χ1n) is 15.8. The molecule has 2 saturated heterocycles. The molecule has 0 saturated carbocycles. The topological polar surface area (TPSA) is 40.2 Å². The summed E-state index contributed by atoms with van der Waals surface area (Å²) in [6.45, 7) is 4.45. The molecule has 2 aliphatic carbocycles. The van der Waals surface area contributed by atoms with Gasteiger partial charge in [0.25, 0.3) is 0 Å². The summed E-state index contributed by atoms with van der Waals surface area (Å²) >= 11 is 0. The Bertz CT molecular complexity index is 1890. The summed E-state index contributed by atoms with van der Waals surface area (Å²) in [4.78, 5) is 0. The molecule has 44 heavy (non-hydrogen) atoms. The Labute approximate surface area is 257 Å². The summed E-state index contributed by atoms with van der Waals surface area (Å²) < 4.78 is 23.2. The summed E-state index contributed by atoms with van der Waals surface area (Å²) in [6.07, 6.45) is 5.61. The van der Waals surface area contributed by atoms with Crippen LogP contribution in [0, 0.1) is 0 Å². The molecule has 9 rings (SSSR count). The molecule has 0 aromatic heterocycles. The van der Waals surface area contributed by atoms with Gasteiger partial charge < -0.3 is 18.9 Å². The molecule has 0 N–H and O–H groups in total. The van der Waals surface area contributed by atoms with Gasteiger partial charge in [0.15, 0.2) is 6.29 Å². The number of epoxide rings is 1. The van der Waals surface area contributed by atoms with Crippen LogP contribution in [-0.4, -0.2) is 38.3 Å². The van der Waals surface area contributed by atoms with Crippen molar-refractivity contribution in [3.63, 3.8) is 0 Å². The predicted molar refractivity (Wildman–Crippen MR) is 173 cm³/mol. The van der Waals surface area contributed by atoms with E-state index in [4.69, 9.17) is 18.9 Å². The largest absolute Gasteiger partial charge is 0.491 e. The number of ether oxygens (including phenoxy) is 4. The number of rotatable bonds is 7. The number of fused-ring (bicyclic) bond motifs is 5. The third-order valence-electron chi connectivity index (χ3n) is 9.97. The quantitative estimate of drug-likeness (QED) is 0.179. The van der Waals surface area contributed by atoms with E-state index >= 15 is 0 Å². The molecule has 4 aliphatic rings. The number of hydrogen-bond donors (Lipinski definition) is 0. The lowest BCUT2D eigenvalue weighted by atomic mass is 9.66. The first kappa shape index (κ1) is 26.2. The minimum atomic E-state index is -0.459. The number of hydrogen-bond acceptors (Lipinski definition) is 4. The van der Waals surface area contributed by atoms with Crippen LogP contribution in [-0.2, 0) is 19.6 Å². The van der Waals surface area contributed by atoms with Crippen LogP contribution in [0.15, 0.2) is 109 Å². The van der Waals surface area contributed by atoms with Gasteiger partial charge in [-0.3, -0.25) is 0 Å². The molecule has 4 nitrogen and oxygen atoms in total. The molecule has 3 unspecified atom stereocenters. The maximum absolute atomic E-state index is 6.26. The minimum absolute atomic E-state index is 0.0201. The molecule has 2 fully saturated rings. The second-order valence-electron chi connectivity index (χ2n) is 12.5. The van der Waals surface area contributed by atoms with Gasteiger partial charge in [-0.05, 0) is 79.5 Å². The fourth-order valence-corrected chi connectivity index (χ4v) is 7.49. The maximum atomic E-state index is 6.26. The van der Waals surface area contributed by atoms with Gasteiger partial charge in [-0.25, -0.2) is 0 Å². The zero-order chi connectivity index (χ0) is 29.3. The Balaban J connectivity index is 1.20. The van der Waals surface area contributed by atoms with Crippen molar-refractivity contribution < 1.29 is 18.9 Å². The fourth-order valence-electron chi connectivity index (χ4n) is 7.49. The van der Waals surface area contributed by atoms with E-state index in [9.17, 15) is 0 Å². The van der Waals surface area contributed by atoms with Crippen LogP contribution in [0.1, 0.15) is 52.6 Å². The van der Waals surface area contributed by atoms with Gasteiger partial charge >= 0.3 is 0 Å². The third kappa shape index (κ3) is 4.09. The Kier molecular flexibility index (Phi) is 6.06. The van der Waals surface area contributed by atoms with E-state index in [0.29, 0.717) is 6.61 Å². The Morgan fingerprint density at radius 1 is 0.773 bits per heavy atom. The molecule has 0 amide bonds. The van der Waals surface area contributed by atoms with Gasteiger partial charge in [-0.15, -0.1) is 0 Å². The van der Waals surface area contributed by atoms with Crippen molar-refractivity contribution in [2.24, 2.45) is 0 Å². The summed E-state index contributed by atoms with van der Waals surface area (Å²) in [7, 11) is 0. The first-order chi connectivity index (χ1) is 21.7. The van der Waals surface area contributed by atoms with Gasteiger partial charge in [0.2, 0.25) is 0 Å². The van der Waals surface area contributed by atoms with Crippen molar-refractivity contribution in [1.29, 1.82) is 0 Å². The number of benzene rings is 5. The van der Waals surface area contributed by atoms with E-state index in [-0.39, 0.29) is 24.4 Å². The van der Waals surface area contributed by atoms with Gasteiger partial charge in [0.05, 0.1) is 24.7 Å². The Morgan fingerprint density at radius 3 is 2.18 bits per heavy atom. The van der Waals surface area contributed by atoms with Crippen LogP contribution in [0.25, 0.3) is 28.0 Å². The molecule has 0 spiro atoms. The molecule has 0 radical (unpaired) electrons. The monoisotopic (exact) mass is 578 g/mol. The van der Waals surface area contributed by atoms with Crippen molar-refractivity contribution in [1.82, 2.24) is 0 Å². The van der Waals surface area contributed by atoms with E-state index < -0.39 is 5.41 Å². The van der Waals surface area contributed by atoms with Gasteiger partial charge in [-0.1, -0.05) is 97.9 Å². The van der Waals surface area contributed by atoms with Crippen LogP contribution >= 0.6 is 0 Å². The van der Waals surface area contributed by atoms with E-state index in [1.165, 1.54) is 55.3 Å². The highest BCUT2D eigenvalue weighted by atomic mass is 16.7. The highest BCUT2D eigenvalue weighted by molar-refractivity contribution is 5.90. The molecular formula is C40H34O4. The minimum Gasteiger partial charge on any atom is -0.491 e. The zero-order valence-electron chi connectivity index (χ0n) is 24.7. The SMILES string of the molecule is CC1c2ccc(C3(c4ccc5cc(OCC6CO6)ccc5c4)c4ccccc4-c4ccccc43)cc2C=C[C@H]1OC1CCO1. The summed E-state index contributed by atoms with van der Waals surface area (Å²) in [5.74, 6) is 1.13. The van der Waals surface area contributed by atoms with Gasteiger partial charge in [0.1, 0.15) is 18.5 Å². The van der Waals surface area contributed by atoms with Crippen LogP contribution < -0.4 is 4.74 Å². The van der Waals surface area contributed by atoms with Crippen LogP contribution in [0.4, 0.5) is 0 Å². The average molecular weight is 579 g/mol. The average Bonchev–Trinajstić information content (AvgIpc) is 3.83. The second kappa shape index (κ2) is 10.2. The molecule has 4 atom stereocenters. The lowest BCUT2D eigenvalue weighted by molar-refractivity contribution is -0.230. The summed E-state index contributed by atoms with van der Waals surface area (Å²) in [5.41, 5.74) is 9.89. The summed E-state index contributed by atoms with van der Waals surface area (Å²) in [6, 6.07) is 38.3. The summed E-state index contributed by atoms with van der Waals surface area (Å²) in [5, 5.41) is 2.37. The Morgan fingerprint density at radius 2 is 1.45 bits per heavy atom. The van der Waals surface area contributed by atoms with Crippen molar-refractivity contribution in [3.8, 4) is 16.9 Å². The third-order valence-corrected chi connectivity index (χ3v) is 9.97. The second-order valence-corrected chi connectivity index (χ2v) is 12.5. The van der Waals surface area contributed by atoms with Crippen molar-refractivity contribution in [3.05, 3.63) is 143 Å². The lowest BCUT2D eigenvalue weighted by Gasteiger charge is -2.36. The normalized spacial score (nSPS) is 23.8. The molecule has 4 heteroatoms. The van der Waals surface area contributed by atoms with E-state index in [0.717, 1.165) is 25.4 Å². The molecule has 2 heterocycles. The van der Waals surface area contributed by atoms with Crippen molar-refractivity contribution >= 4 is 16.8 Å². The molecule has 5 aromatic carbocycles. The fraction of sp³-hybridized carbons (Fsp3) is 0.250. The highest BCUT2D eigenvalue weighted by Crippen LogP contribution is 2.56. The van der Waals surface area contributed by atoms with Gasteiger partial charge in [0, 0.05) is 12.3 Å². The highest BCUT2D eigenvalue weighted by Gasteiger charge is 2.46. The van der Waals surface area contributed by atoms with E-state index in [1.807, 2.05) is 0 Å². The molecular weight excluding hydrogens is 544 g/mol. The smallest absolute Gasteiger partial charge is 0.160 e. The molecule has 2 aliphatic heterocycles. The Hall–Kier alpha value is -4.22.